The normalized spacial score (nSPS) is 19.8. The number of ether oxygens (including phenoxy) is 1. The highest BCUT2D eigenvalue weighted by molar-refractivity contribution is 9.10. The van der Waals surface area contributed by atoms with E-state index in [9.17, 15) is 4.79 Å². The summed E-state index contributed by atoms with van der Waals surface area (Å²) in [5.74, 6) is 0. The van der Waals surface area contributed by atoms with Crippen molar-refractivity contribution in [3.63, 3.8) is 0 Å². The van der Waals surface area contributed by atoms with E-state index in [0.29, 0.717) is 0 Å². The molecule has 1 fully saturated rings. The average molecular weight is 340 g/mol. The van der Waals surface area contributed by atoms with E-state index in [1.807, 2.05) is 43.9 Å². The lowest BCUT2D eigenvalue weighted by molar-refractivity contribution is 0.00944. The van der Waals surface area contributed by atoms with Gasteiger partial charge >= 0.3 is 6.09 Å². The molecule has 0 aliphatic carbocycles. The highest BCUT2D eigenvalue weighted by Crippen LogP contribution is 2.35. The van der Waals surface area contributed by atoms with Gasteiger partial charge in [-0.3, -0.25) is 0 Å². The molecule has 1 aliphatic rings. The lowest BCUT2D eigenvalue weighted by Crippen LogP contribution is -2.41. The van der Waals surface area contributed by atoms with Crippen molar-refractivity contribution in [2.75, 3.05) is 6.54 Å². The Kier molecular flexibility index (Phi) is 4.74. The number of hydrogen-bond donors (Lipinski definition) is 0. The van der Waals surface area contributed by atoms with E-state index in [4.69, 9.17) is 4.74 Å². The molecule has 0 saturated carbocycles. The summed E-state index contributed by atoms with van der Waals surface area (Å²) in [5.41, 5.74) is 0.713. The second-order valence-corrected chi connectivity index (χ2v) is 7.06. The Hall–Kier alpha value is -1.03. The van der Waals surface area contributed by atoms with Gasteiger partial charge in [-0.1, -0.05) is 34.1 Å². The van der Waals surface area contributed by atoms with Crippen LogP contribution in [0.3, 0.4) is 0 Å². The zero-order valence-corrected chi connectivity index (χ0v) is 13.9. The summed E-state index contributed by atoms with van der Waals surface area (Å²) in [5, 5.41) is 0. The summed E-state index contributed by atoms with van der Waals surface area (Å²) in [6.07, 6.45) is 2.96. The van der Waals surface area contributed by atoms with Crippen LogP contribution in [0.5, 0.6) is 0 Å². The monoisotopic (exact) mass is 339 g/mol. The van der Waals surface area contributed by atoms with Gasteiger partial charge in [0.2, 0.25) is 0 Å². The molecule has 1 saturated heterocycles. The maximum Gasteiger partial charge on any atom is 0.410 e. The van der Waals surface area contributed by atoms with Crippen LogP contribution in [0.25, 0.3) is 0 Å². The predicted molar refractivity (Wildman–Crippen MR) is 83.7 cm³/mol. The van der Waals surface area contributed by atoms with Gasteiger partial charge in [0.25, 0.3) is 0 Å². The fourth-order valence-electron chi connectivity index (χ4n) is 2.54. The van der Waals surface area contributed by atoms with Crippen LogP contribution in [0.1, 0.15) is 51.6 Å². The Bertz CT molecular complexity index is 482. The number of carbonyl (C=O) groups excluding carboxylic acids is 1. The van der Waals surface area contributed by atoms with Gasteiger partial charge in [0.1, 0.15) is 5.60 Å². The summed E-state index contributed by atoms with van der Waals surface area (Å²) in [4.78, 5) is 14.3. The molecule has 3 nitrogen and oxygen atoms in total. The zero-order valence-electron chi connectivity index (χ0n) is 12.4. The molecular formula is C16H22BrNO2. The van der Waals surface area contributed by atoms with Gasteiger partial charge in [-0.15, -0.1) is 0 Å². The zero-order chi connectivity index (χ0) is 14.8. The Balaban J connectivity index is 2.22. The highest BCUT2D eigenvalue weighted by atomic mass is 79.9. The molecule has 0 bridgehead atoms. The van der Waals surface area contributed by atoms with E-state index < -0.39 is 5.60 Å². The molecule has 1 aliphatic heterocycles. The van der Waals surface area contributed by atoms with Crippen molar-refractivity contribution in [1.29, 1.82) is 0 Å². The van der Waals surface area contributed by atoms with Crippen LogP contribution in [0.4, 0.5) is 4.79 Å². The van der Waals surface area contributed by atoms with Crippen molar-refractivity contribution in [2.45, 2.75) is 51.7 Å². The van der Waals surface area contributed by atoms with Crippen LogP contribution < -0.4 is 0 Å². The van der Waals surface area contributed by atoms with E-state index in [1.165, 1.54) is 0 Å². The largest absolute Gasteiger partial charge is 0.444 e. The molecule has 1 aromatic carbocycles. The Morgan fingerprint density at radius 2 is 2.00 bits per heavy atom. The van der Waals surface area contributed by atoms with E-state index in [-0.39, 0.29) is 12.1 Å². The molecule has 1 unspecified atom stereocenters. The number of hydrogen-bond acceptors (Lipinski definition) is 2. The van der Waals surface area contributed by atoms with Gasteiger partial charge in [0, 0.05) is 11.0 Å². The van der Waals surface area contributed by atoms with E-state index in [1.54, 1.807) is 0 Å². The third-order valence-electron chi connectivity index (χ3n) is 3.40. The number of nitrogens with zero attached hydrogens (tertiary/aromatic N) is 1. The maximum atomic E-state index is 12.4. The van der Waals surface area contributed by atoms with Gasteiger partial charge in [-0.05, 0) is 51.7 Å². The molecule has 110 valence electrons. The van der Waals surface area contributed by atoms with Crippen molar-refractivity contribution >= 4 is 22.0 Å². The third kappa shape index (κ3) is 3.75. The van der Waals surface area contributed by atoms with Crippen LogP contribution in [0.15, 0.2) is 28.7 Å². The van der Waals surface area contributed by atoms with Crippen molar-refractivity contribution in [3.8, 4) is 0 Å². The van der Waals surface area contributed by atoms with Gasteiger partial charge in [0.15, 0.2) is 0 Å². The molecule has 2 rings (SSSR count). The van der Waals surface area contributed by atoms with E-state index in [0.717, 1.165) is 35.8 Å². The van der Waals surface area contributed by atoms with Crippen molar-refractivity contribution < 1.29 is 9.53 Å². The fourth-order valence-corrected chi connectivity index (χ4v) is 3.09. The molecule has 1 amide bonds. The van der Waals surface area contributed by atoms with Crippen LogP contribution in [-0.2, 0) is 4.74 Å². The summed E-state index contributed by atoms with van der Waals surface area (Å²) in [7, 11) is 0. The predicted octanol–water partition coefficient (Wildman–Crippen LogP) is 4.91. The van der Waals surface area contributed by atoms with Crippen LogP contribution >= 0.6 is 15.9 Å². The highest BCUT2D eigenvalue weighted by Gasteiger charge is 2.32. The minimum Gasteiger partial charge on any atom is -0.444 e. The quantitative estimate of drug-likeness (QED) is 0.727. The molecule has 0 aromatic heterocycles. The first-order chi connectivity index (χ1) is 9.38. The Labute approximate surface area is 129 Å². The van der Waals surface area contributed by atoms with Crippen LogP contribution in [-0.4, -0.2) is 23.1 Å². The number of carbonyl (C=O) groups is 1. The SMILES string of the molecule is CC(C)(C)OC(=O)N1CCCCC1c1ccccc1Br. The van der Waals surface area contributed by atoms with Gasteiger partial charge in [0.05, 0.1) is 6.04 Å². The first-order valence-corrected chi connectivity index (χ1v) is 7.92. The number of halogens is 1. The van der Waals surface area contributed by atoms with Crippen LogP contribution in [0, 0.1) is 0 Å². The number of benzene rings is 1. The molecule has 1 atom stereocenters. The number of rotatable bonds is 1. The second kappa shape index (κ2) is 6.17. The molecule has 0 radical (unpaired) electrons. The van der Waals surface area contributed by atoms with Crippen molar-refractivity contribution in [2.24, 2.45) is 0 Å². The summed E-state index contributed by atoms with van der Waals surface area (Å²) < 4.78 is 6.60. The van der Waals surface area contributed by atoms with Crippen molar-refractivity contribution in [1.82, 2.24) is 4.90 Å². The number of likely N-dealkylation sites (tertiary alicyclic amines) is 1. The molecule has 1 aromatic rings. The molecule has 20 heavy (non-hydrogen) atoms. The average Bonchev–Trinajstić information content (AvgIpc) is 2.37. The summed E-state index contributed by atoms with van der Waals surface area (Å²) in [6, 6.07) is 8.22. The van der Waals surface area contributed by atoms with Crippen LogP contribution in [0.2, 0.25) is 0 Å². The van der Waals surface area contributed by atoms with Gasteiger partial charge in [-0.25, -0.2) is 4.79 Å². The molecule has 1 heterocycles. The van der Waals surface area contributed by atoms with Crippen molar-refractivity contribution in [3.05, 3.63) is 34.3 Å². The van der Waals surface area contributed by atoms with E-state index in [2.05, 4.69) is 22.0 Å². The molecule has 0 spiro atoms. The van der Waals surface area contributed by atoms with Gasteiger partial charge < -0.3 is 9.64 Å². The first-order valence-electron chi connectivity index (χ1n) is 7.12. The minimum atomic E-state index is -0.451. The minimum absolute atomic E-state index is 0.106. The third-order valence-corrected chi connectivity index (χ3v) is 4.12. The topological polar surface area (TPSA) is 29.5 Å². The molecule has 4 heteroatoms. The molecule has 0 N–H and O–H groups in total. The lowest BCUT2D eigenvalue weighted by atomic mass is 9.96. The summed E-state index contributed by atoms with van der Waals surface area (Å²) >= 11 is 3.59. The lowest BCUT2D eigenvalue weighted by Gasteiger charge is -2.37. The summed E-state index contributed by atoms with van der Waals surface area (Å²) in [6.45, 7) is 6.48. The fraction of sp³-hybridized carbons (Fsp3) is 0.562. The Morgan fingerprint density at radius 3 is 2.65 bits per heavy atom. The van der Waals surface area contributed by atoms with Gasteiger partial charge in [-0.2, -0.15) is 0 Å². The second-order valence-electron chi connectivity index (χ2n) is 6.21. The van der Waals surface area contributed by atoms with E-state index >= 15 is 0 Å². The maximum absolute atomic E-state index is 12.4. The Morgan fingerprint density at radius 1 is 1.30 bits per heavy atom. The smallest absolute Gasteiger partial charge is 0.410 e. The number of amides is 1. The molecular weight excluding hydrogens is 318 g/mol. The first kappa shape index (κ1) is 15.4. The standard InChI is InChI=1S/C16H22BrNO2/c1-16(2,3)20-15(19)18-11-7-6-10-14(18)12-8-4-5-9-13(12)17/h4-5,8-9,14H,6-7,10-11H2,1-3H3. The number of piperidine rings is 1.